The van der Waals surface area contributed by atoms with Crippen molar-refractivity contribution in [3.8, 4) is 11.5 Å². The van der Waals surface area contributed by atoms with Gasteiger partial charge in [-0.15, -0.1) is 0 Å². The molecule has 0 aliphatic carbocycles. The summed E-state index contributed by atoms with van der Waals surface area (Å²) in [5.74, 6) is 1.65. The van der Waals surface area contributed by atoms with Crippen LogP contribution in [-0.4, -0.2) is 14.8 Å². The van der Waals surface area contributed by atoms with Gasteiger partial charge in [0.25, 0.3) is 0 Å². The molecule has 2 aromatic carbocycles. The van der Waals surface area contributed by atoms with Crippen LogP contribution in [0.4, 0.5) is 10.1 Å². The molecule has 0 saturated heterocycles. The zero-order valence-corrected chi connectivity index (χ0v) is 12.0. The third-order valence-corrected chi connectivity index (χ3v) is 3.15. The maximum atomic E-state index is 13.5. The Hall–Kier alpha value is -2.89. The summed E-state index contributed by atoms with van der Waals surface area (Å²) in [6.45, 7) is 0.422. The minimum absolute atomic E-state index is 0.333. The summed E-state index contributed by atoms with van der Waals surface area (Å²) in [6, 6.07) is 13.7. The number of aromatic nitrogens is 3. The summed E-state index contributed by atoms with van der Waals surface area (Å²) < 4.78 is 21.0. The molecule has 0 atom stereocenters. The van der Waals surface area contributed by atoms with Gasteiger partial charge in [0.05, 0.1) is 12.2 Å². The molecular weight excluding hydrogens is 283 g/mol. The van der Waals surface area contributed by atoms with Crippen molar-refractivity contribution in [1.29, 1.82) is 0 Å². The predicted molar refractivity (Wildman–Crippen MR) is 81.2 cm³/mol. The van der Waals surface area contributed by atoms with Gasteiger partial charge in [-0.05, 0) is 24.3 Å². The molecule has 5 nitrogen and oxygen atoms in total. The molecule has 1 N–H and O–H groups in total. The Bertz CT molecular complexity index is 758. The van der Waals surface area contributed by atoms with Crippen molar-refractivity contribution in [3.05, 3.63) is 66.5 Å². The van der Waals surface area contributed by atoms with Crippen LogP contribution in [0.2, 0.25) is 0 Å². The Kier molecular flexibility index (Phi) is 4.00. The lowest BCUT2D eigenvalue weighted by atomic mass is 10.2. The largest absolute Gasteiger partial charge is 0.455 e. The van der Waals surface area contributed by atoms with Crippen LogP contribution in [0.15, 0.2) is 54.9 Å². The summed E-state index contributed by atoms with van der Waals surface area (Å²) in [7, 11) is 1.80. The van der Waals surface area contributed by atoms with E-state index in [2.05, 4.69) is 15.4 Å². The lowest BCUT2D eigenvalue weighted by molar-refractivity contribution is 0.482. The van der Waals surface area contributed by atoms with E-state index < -0.39 is 0 Å². The number of para-hydroxylation sites is 1. The first-order chi connectivity index (χ1) is 10.7. The second kappa shape index (κ2) is 6.26. The van der Waals surface area contributed by atoms with E-state index in [1.807, 2.05) is 30.3 Å². The molecular formula is C16H15FN4O. The second-order valence-electron chi connectivity index (χ2n) is 4.71. The Morgan fingerprint density at radius 2 is 2.00 bits per heavy atom. The van der Waals surface area contributed by atoms with E-state index in [1.54, 1.807) is 17.8 Å². The zero-order valence-electron chi connectivity index (χ0n) is 12.0. The van der Waals surface area contributed by atoms with E-state index >= 15 is 0 Å². The quantitative estimate of drug-likeness (QED) is 0.784. The maximum absolute atomic E-state index is 13.5. The van der Waals surface area contributed by atoms with Crippen molar-refractivity contribution in [1.82, 2.24) is 14.8 Å². The normalized spacial score (nSPS) is 10.5. The molecule has 22 heavy (non-hydrogen) atoms. The molecule has 0 bridgehead atoms. The lowest BCUT2D eigenvalue weighted by Crippen LogP contribution is -2.07. The number of ether oxygens (including phenoxy) is 1. The van der Waals surface area contributed by atoms with E-state index in [0.29, 0.717) is 23.7 Å². The van der Waals surface area contributed by atoms with Gasteiger partial charge in [-0.1, -0.05) is 18.2 Å². The zero-order chi connectivity index (χ0) is 15.4. The molecule has 0 fully saturated rings. The first-order valence-corrected chi connectivity index (χ1v) is 6.81. The van der Waals surface area contributed by atoms with Gasteiger partial charge in [-0.3, -0.25) is 4.68 Å². The highest BCUT2D eigenvalue weighted by atomic mass is 19.1. The summed E-state index contributed by atoms with van der Waals surface area (Å²) in [4.78, 5) is 4.12. The van der Waals surface area contributed by atoms with Crippen molar-refractivity contribution in [2.24, 2.45) is 7.05 Å². The lowest BCUT2D eigenvalue weighted by Gasteiger charge is -2.13. The topological polar surface area (TPSA) is 52.0 Å². The molecule has 3 aromatic rings. The van der Waals surface area contributed by atoms with Gasteiger partial charge in [0.2, 0.25) is 0 Å². The monoisotopic (exact) mass is 298 g/mol. The van der Waals surface area contributed by atoms with E-state index in [0.717, 1.165) is 5.82 Å². The van der Waals surface area contributed by atoms with Gasteiger partial charge in [-0.2, -0.15) is 5.10 Å². The average molecular weight is 298 g/mol. The molecule has 0 aliphatic rings. The number of anilines is 1. The Balaban J connectivity index is 1.80. The molecule has 0 amide bonds. The first kappa shape index (κ1) is 14.1. The van der Waals surface area contributed by atoms with Gasteiger partial charge in [0.1, 0.15) is 23.7 Å². The number of hydrogen-bond donors (Lipinski definition) is 1. The smallest absolute Gasteiger partial charge is 0.150 e. The number of rotatable bonds is 5. The van der Waals surface area contributed by atoms with Crippen molar-refractivity contribution < 1.29 is 9.13 Å². The van der Waals surface area contributed by atoms with Crippen LogP contribution in [0, 0.1) is 5.82 Å². The highest BCUT2D eigenvalue weighted by Gasteiger charge is 2.08. The van der Waals surface area contributed by atoms with Crippen LogP contribution in [0.5, 0.6) is 11.5 Å². The van der Waals surface area contributed by atoms with E-state index in [9.17, 15) is 4.39 Å². The average Bonchev–Trinajstić information content (AvgIpc) is 2.94. The number of hydrogen-bond acceptors (Lipinski definition) is 4. The minimum atomic E-state index is -0.333. The van der Waals surface area contributed by atoms with Crippen LogP contribution in [-0.2, 0) is 13.6 Å². The highest BCUT2D eigenvalue weighted by Crippen LogP contribution is 2.30. The molecule has 0 aliphatic heterocycles. The fourth-order valence-electron chi connectivity index (χ4n) is 2.00. The van der Waals surface area contributed by atoms with Crippen molar-refractivity contribution in [3.63, 3.8) is 0 Å². The SMILES string of the molecule is Cn1ncnc1CNc1cc(F)ccc1Oc1ccccc1. The molecule has 3 rings (SSSR count). The summed E-state index contributed by atoms with van der Waals surface area (Å²) in [5.41, 5.74) is 0.562. The van der Waals surface area contributed by atoms with Crippen LogP contribution in [0.25, 0.3) is 0 Å². The van der Waals surface area contributed by atoms with E-state index in [1.165, 1.54) is 18.5 Å². The third-order valence-electron chi connectivity index (χ3n) is 3.15. The third kappa shape index (κ3) is 3.22. The van der Waals surface area contributed by atoms with Gasteiger partial charge >= 0.3 is 0 Å². The Morgan fingerprint density at radius 1 is 1.18 bits per heavy atom. The molecule has 1 aromatic heterocycles. The predicted octanol–water partition coefficient (Wildman–Crippen LogP) is 3.36. The highest BCUT2D eigenvalue weighted by molar-refractivity contribution is 5.57. The molecule has 0 saturated carbocycles. The van der Waals surface area contributed by atoms with E-state index in [-0.39, 0.29) is 5.82 Å². The van der Waals surface area contributed by atoms with Gasteiger partial charge < -0.3 is 10.1 Å². The summed E-state index contributed by atoms with van der Waals surface area (Å²) in [6.07, 6.45) is 1.48. The molecule has 1 heterocycles. The maximum Gasteiger partial charge on any atom is 0.150 e. The van der Waals surface area contributed by atoms with Gasteiger partial charge in [0, 0.05) is 13.1 Å². The Labute approximate surface area is 127 Å². The molecule has 0 radical (unpaired) electrons. The molecule has 6 heteroatoms. The van der Waals surface area contributed by atoms with Crippen molar-refractivity contribution in [2.45, 2.75) is 6.54 Å². The van der Waals surface area contributed by atoms with Crippen LogP contribution in [0.1, 0.15) is 5.82 Å². The fourth-order valence-corrected chi connectivity index (χ4v) is 2.00. The van der Waals surface area contributed by atoms with Crippen molar-refractivity contribution >= 4 is 5.69 Å². The number of nitrogens with one attached hydrogen (secondary N) is 1. The Morgan fingerprint density at radius 3 is 2.73 bits per heavy atom. The molecule has 0 unspecified atom stereocenters. The number of halogens is 1. The van der Waals surface area contributed by atoms with Crippen LogP contribution in [0.3, 0.4) is 0 Å². The van der Waals surface area contributed by atoms with Crippen LogP contribution < -0.4 is 10.1 Å². The van der Waals surface area contributed by atoms with E-state index in [4.69, 9.17) is 4.74 Å². The molecule has 112 valence electrons. The van der Waals surface area contributed by atoms with Crippen LogP contribution >= 0.6 is 0 Å². The number of benzene rings is 2. The fraction of sp³-hybridized carbons (Fsp3) is 0.125. The minimum Gasteiger partial charge on any atom is -0.455 e. The number of aryl methyl sites for hydroxylation is 1. The second-order valence-corrected chi connectivity index (χ2v) is 4.71. The van der Waals surface area contributed by atoms with Gasteiger partial charge in [0.15, 0.2) is 5.75 Å². The summed E-state index contributed by atoms with van der Waals surface area (Å²) in [5, 5.41) is 7.13. The first-order valence-electron chi connectivity index (χ1n) is 6.81. The summed E-state index contributed by atoms with van der Waals surface area (Å²) >= 11 is 0. The van der Waals surface area contributed by atoms with Crippen molar-refractivity contribution in [2.75, 3.05) is 5.32 Å². The van der Waals surface area contributed by atoms with Gasteiger partial charge in [-0.25, -0.2) is 9.37 Å². The molecule has 0 spiro atoms. The standard InChI is InChI=1S/C16H15FN4O/c1-21-16(19-11-20-21)10-18-14-9-12(17)7-8-15(14)22-13-5-3-2-4-6-13/h2-9,11,18H,10H2,1H3. The number of nitrogens with zero attached hydrogens (tertiary/aromatic N) is 3.